The summed E-state index contributed by atoms with van der Waals surface area (Å²) in [5, 5.41) is 0. The number of imidazole rings is 1. The molecule has 0 bridgehead atoms. The van der Waals surface area contributed by atoms with Crippen LogP contribution < -0.4 is 0 Å². The van der Waals surface area contributed by atoms with Crippen molar-refractivity contribution in [3.8, 4) is 0 Å². The first kappa shape index (κ1) is 7.79. The molecule has 15 heavy (non-hydrogen) atoms. The van der Waals surface area contributed by atoms with Crippen LogP contribution in [0.5, 0.6) is 0 Å². The zero-order valence-corrected chi connectivity index (χ0v) is 8.35. The van der Waals surface area contributed by atoms with E-state index in [1.165, 1.54) is 19.3 Å². The van der Waals surface area contributed by atoms with E-state index in [1.807, 2.05) is 0 Å². The number of nitrogens with one attached hydrogen (secondary N) is 1. The Morgan fingerprint density at radius 3 is 2.87 bits per heavy atom. The lowest BCUT2D eigenvalue weighted by Crippen LogP contribution is -1.97. The van der Waals surface area contributed by atoms with Gasteiger partial charge in [-0.15, -0.1) is 0 Å². The molecule has 2 aromatic heterocycles. The second kappa shape index (κ2) is 2.56. The number of rotatable bonds is 1. The summed E-state index contributed by atoms with van der Waals surface area (Å²) in [7, 11) is 0. The zero-order chi connectivity index (χ0) is 9.83. The Kier molecular flexibility index (Phi) is 1.33. The Morgan fingerprint density at radius 1 is 1.20 bits per heavy atom. The molecule has 0 aliphatic heterocycles. The van der Waals surface area contributed by atoms with Crippen molar-refractivity contribution in [2.75, 3.05) is 0 Å². The Bertz CT molecular complexity index is 475. The maximum Gasteiger partial charge on any atom is 0.180 e. The second-order valence-corrected chi connectivity index (χ2v) is 4.81. The van der Waals surface area contributed by atoms with E-state index in [0.29, 0.717) is 5.92 Å². The van der Waals surface area contributed by atoms with E-state index >= 15 is 0 Å². The van der Waals surface area contributed by atoms with Crippen molar-refractivity contribution in [3.05, 3.63) is 18.3 Å². The summed E-state index contributed by atoms with van der Waals surface area (Å²) in [6.07, 6.45) is 7.44. The van der Waals surface area contributed by atoms with Crippen molar-refractivity contribution in [1.29, 1.82) is 0 Å². The summed E-state index contributed by atoms with van der Waals surface area (Å²) in [5.41, 5.74) is 1.77. The lowest BCUT2D eigenvalue weighted by atomic mass is 10.0. The Balaban J connectivity index is 1.75. The van der Waals surface area contributed by atoms with Gasteiger partial charge in [-0.25, -0.2) is 15.0 Å². The van der Waals surface area contributed by atoms with Crippen LogP contribution in [0.3, 0.4) is 0 Å². The molecule has 76 valence electrons. The Labute approximate surface area is 87.2 Å². The molecule has 0 radical (unpaired) electrons. The molecule has 2 heterocycles. The largest absolute Gasteiger partial charge is 0.339 e. The number of hydrogen-bond acceptors (Lipinski definition) is 3. The van der Waals surface area contributed by atoms with Gasteiger partial charge in [0.2, 0.25) is 0 Å². The van der Waals surface area contributed by atoms with Crippen LogP contribution in [0.1, 0.15) is 31.0 Å². The summed E-state index contributed by atoms with van der Waals surface area (Å²) in [6.45, 7) is 0. The van der Waals surface area contributed by atoms with Gasteiger partial charge < -0.3 is 4.98 Å². The molecule has 4 nitrogen and oxygen atoms in total. The second-order valence-electron chi connectivity index (χ2n) is 4.81. The first-order chi connectivity index (χ1) is 7.40. The third-order valence-corrected chi connectivity index (χ3v) is 3.81. The van der Waals surface area contributed by atoms with Crippen LogP contribution in [0.2, 0.25) is 0 Å². The van der Waals surface area contributed by atoms with E-state index in [0.717, 1.165) is 28.8 Å². The molecule has 0 spiro atoms. The van der Waals surface area contributed by atoms with Crippen molar-refractivity contribution in [1.82, 2.24) is 19.9 Å². The van der Waals surface area contributed by atoms with Crippen LogP contribution >= 0.6 is 0 Å². The lowest BCUT2D eigenvalue weighted by Gasteiger charge is -2.06. The summed E-state index contributed by atoms with van der Waals surface area (Å²) < 4.78 is 0. The standard InChI is InChI=1S/C11H12N4/c1-6-2-8(3-7(1)6)10-14-9-4-12-5-13-11(9)15-10/h4-8H,1-3H2,(H,12,13,14,15). The van der Waals surface area contributed by atoms with Gasteiger partial charge in [0, 0.05) is 5.92 Å². The van der Waals surface area contributed by atoms with Crippen LogP contribution in [-0.2, 0) is 0 Å². The molecule has 2 unspecified atom stereocenters. The van der Waals surface area contributed by atoms with E-state index in [2.05, 4.69) is 19.9 Å². The molecule has 2 aliphatic rings. The third kappa shape index (κ3) is 1.11. The minimum Gasteiger partial charge on any atom is -0.339 e. The first-order valence-corrected chi connectivity index (χ1v) is 5.56. The molecule has 4 heteroatoms. The average Bonchev–Trinajstić information content (AvgIpc) is 2.76. The fourth-order valence-electron chi connectivity index (χ4n) is 2.91. The predicted octanol–water partition coefficient (Wildman–Crippen LogP) is 1.87. The summed E-state index contributed by atoms with van der Waals surface area (Å²) in [6, 6.07) is 0. The highest BCUT2D eigenvalue weighted by molar-refractivity contribution is 5.68. The fourth-order valence-corrected chi connectivity index (χ4v) is 2.91. The van der Waals surface area contributed by atoms with Crippen LogP contribution in [0.4, 0.5) is 0 Å². The Hall–Kier alpha value is -1.45. The minimum absolute atomic E-state index is 0.642. The molecule has 0 saturated heterocycles. The van der Waals surface area contributed by atoms with Gasteiger partial charge >= 0.3 is 0 Å². The van der Waals surface area contributed by atoms with Crippen molar-refractivity contribution in [2.45, 2.75) is 25.2 Å². The third-order valence-electron chi connectivity index (χ3n) is 3.81. The van der Waals surface area contributed by atoms with Crippen molar-refractivity contribution in [2.24, 2.45) is 11.8 Å². The topological polar surface area (TPSA) is 54.5 Å². The highest BCUT2D eigenvalue weighted by Crippen LogP contribution is 2.57. The maximum absolute atomic E-state index is 4.54. The fraction of sp³-hybridized carbons (Fsp3) is 0.545. The highest BCUT2D eigenvalue weighted by atomic mass is 15.0. The van der Waals surface area contributed by atoms with Crippen molar-refractivity contribution >= 4 is 11.2 Å². The molecule has 2 aromatic rings. The molecular formula is C11H12N4. The lowest BCUT2D eigenvalue weighted by molar-refractivity contribution is 0.597. The quantitative estimate of drug-likeness (QED) is 0.764. The molecular weight excluding hydrogens is 188 g/mol. The maximum atomic E-state index is 4.54. The van der Waals surface area contributed by atoms with Gasteiger partial charge in [0.1, 0.15) is 17.7 Å². The summed E-state index contributed by atoms with van der Waals surface area (Å²) >= 11 is 0. The van der Waals surface area contributed by atoms with Gasteiger partial charge in [-0.1, -0.05) is 0 Å². The number of hydrogen-bond donors (Lipinski definition) is 1. The number of nitrogens with zero attached hydrogens (tertiary/aromatic N) is 3. The summed E-state index contributed by atoms with van der Waals surface area (Å²) in [5.74, 6) is 3.75. The molecule has 0 amide bonds. The average molecular weight is 200 g/mol. The van der Waals surface area contributed by atoms with Gasteiger partial charge in [0.25, 0.3) is 0 Å². The molecule has 2 fully saturated rings. The van der Waals surface area contributed by atoms with Crippen molar-refractivity contribution < 1.29 is 0 Å². The normalized spacial score (nSPS) is 33.2. The van der Waals surface area contributed by atoms with Crippen LogP contribution in [0, 0.1) is 11.8 Å². The van der Waals surface area contributed by atoms with Crippen molar-refractivity contribution in [3.63, 3.8) is 0 Å². The van der Waals surface area contributed by atoms with Gasteiger partial charge in [0.05, 0.1) is 6.20 Å². The molecule has 2 atom stereocenters. The van der Waals surface area contributed by atoms with E-state index < -0.39 is 0 Å². The van der Waals surface area contributed by atoms with E-state index in [1.54, 1.807) is 12.5 Å². The monoisotopic (exact) mass is 200 g/mol. The molecule has 4 rings (SSSR count). The van der Waals surface area contributed by atoms with Gasteiger partial charge in [0.15, 0.2) is 5.65 Å². The van der Waals surface area contributed by atoms with Crippen LogP contribution in [0.15, 0.2) is 12.5 Å². The number of fused-ring (bicyclic) bond motifs is 2. The van der Waals surface area contributed by atoms with Gasteiger partial charge in [-0.05, 0) is 31.1 Å². The van der Waals surface area contributed by atoms with E-state index in [-0.39, 0.29) is 0 Å². The smallest absolute Gasteiger partial charge is 0.180 e. The molecule has 2 saturated carbocycles. The van der Waals surface area contributed by atoms with Gasteiger partial charge in [-0.3, -0.25) is 0 Å². The first-order valence-electron chi connectivity index (χ1n) is 5.56. The SMILES string of the molecule is c1ncc2[nH]c(C3CC4CC4C3)nc2n1. The number of aromatic amines is 1. The van der Waals surface area contributed by atoms with Gasteiger partial charge in [-0.2, -0.15) is 0 Å². The minimum atomic E-state index is 0.642. The summed E-state index contributed by atoms with van der Waals surface area (Å²) in [4.78, 5) is 16.0. The molecule has 2 aliphatic carbocycles. The molecule has 0 aromatic carbocycles. The van der Waals surface area contributed by atoms with E-state index in [4.69, 9.17) is 0 Å². The number of aromatic nitrogens is 4. The number of H-pyrrole nitrogens is 1. The highest BCUT2D eigenvalue weighted by Gasteiger charge is 2.46. The zero-order valence-electron chi connectivity index (χ0n) is 8.35. The Morgan fingerprint density at radius 2 is 2.07 bits per heavy atom. The molecule has 1 N–H and O–H groups in total. The van der Waals surface area contributed by atoms with Crippen LogP contribution in [-0.4, -0.2) is 19.9 Å². The van der Waals surface area contributed by atoms with E-state index in [9.17, 15) is 0 Å². The predicted molar refractivity (Wildman–Crippen MR) is 55.3 cm³/mol. The van der Waals surface area contributed by atoms with Crippen LogP contribution in [0.25, 0.3) is 11.2 Å².